The third-order valence-corrected chi connectivity index (χ3v) is 10.5. The number of carbonyl (C=O) groups is 10. The third-order valence-electron chi connectivity index (χ3n) is 10.5. The SMILES string of the molecule is CC[C@H](C)[C@H](NC(=O)[C@H](CCC(=O)O)NC(=O)[C@@H](N)CO)C(=O)N[C@@H](CCC(=O)O)C(=O)N[C@@H](Cc1ccccc1)C(=O)N[C@@H](C)C(=O)N[C@@H](CCCN=C(N)N)C(=O)N[C@@H](CC(C)C)C(=O)O. The summed E-state index contributed by atoms with van der Waals surface area (Å²) in [6.45, 7) is 7.35. The summed E-state index contributed by atoms with van der Waals surface area (Å²) in [5.74, 6) is -11.5. The van der Waals surface area contributed by atoms with E-state index >= 15 is 0 Å². The van der Waals surface area contributed by atoms with Gasteiger partial charge in [0.2, 0.25) is 41.4 Å². The van der Waals surface area contributed by atoms with Gasteiger partial charge in [-0.1, -0.05) is 64.4 Å². The maximum Gasteiger partial charge on any atom is 0.326 e. The minimum absolute atomic E-state index is 0.0397. The molecule has 0 heterocycles. The van der Waals surface area contributed by atoms with Crippen LogP contribution in [0.15, 0.2) is 35.3 Å². The van der Waals surface area contributed by atoms with Gasteiger partial charge in [-0.3, -0.25) is 48.1 Å². The second kappa shape index (κ2) is 30.4. The van der Waals surface area contributed by atoms with Crippen molar-refractivity contribution in [1.29, 1.82) is 0 Å². The fourth-order valence-corrected chi connectivity index (χ4v) is 6.40. The van der Waals surface area contributed by atoms with Gasteiger partial charge in [0.25, 0.3) is 0 Å². The van der Waals surface area contributed by atoms with E-state index in [9.17, 15) is 68.4 Å². The molecule has 380 valence electrons. The van der Waals surface area contributed by atoms with Gasteiger partial charge in [0.1, 0.15) is 48.3 Å². The predicted molar refractivity (Wildman–Crippen MR) is 245 cm³/mol. The molecular formula is C43H69N11O14. The number of hydrogen-bond acceptors (Lipinski definition) is 13. The highest BCUT2D eigenvalue weighted by atomic mass is 16.4. The Morgan fingerprint density at radius 2 is 1.07 bits per heavy atom. The number of aliphatic carboxylic acids is 3. The molecule has 0 aliphatic heterocycles. The van der Waals surface area contributed by atoms with Crippen LogP contribution in [0.4, 0.5) is 0 Å². The van der Waals surface area contributed by atoms with Gasteiger partial charge < -0.3 is 74.8 Å². The van der Waals surface area contributed by atoms with Crippen LogP contribution in [0.3, 0.4) is 0 Å². The lowest BCUT2D eigenvalue weighted by Gasteiger charge is -2.29. The number of rotatable bonds is 32. The summed E-state index contributed by atoms with van der Waals surface area (Å²) in [4.78, 5) is 134. The van der Waals surface area contributed by atoms with E-state index in [0.29, 0.717) is 5.56 Å². The first-order chi connectivity index (χ1) is 31.9. The van der Waals surface area contributed by atoms with E-state index in [-0.39, 0.29) is 50.5 Å². The van der Waals surface area contributed by atoms with Gasteiger partial charge in [0, 0.05) is 25.8 Å². The Kier molecular flexibility index (Phi) is 26.4. The highest BCUT2D eigenvalue weighted by Crippen LogP contribution is 2.13. The minimum Gasteiger partial charge on any atom is -0.481 e. The van der Waals surface area contributed by atoms with Gasteiger partial charge in [-0.15, -0.1) is 0 Å². The van der Waals surface area contributed by atoms with Crippen LogP contribution >= 0.6 is 0 Å². The maximum absolute atomic E-state index is 14.0. The number of aliphatic hydroxyl groups excluding tert-OH is 1. The Morgan fingerprint density at radius 1 is 0.603 bits per heavy atom. The highest BCUT2D eigenvalue weighted by molar-refractivity contribution is 5.98. The molecule has 25 heteroatoms. The zero-order chi connectivity index (χ0) is 51.7. The number of aliphatic hydroxyl groups is 1. The summed E-state index contributed by atoms with van der Waals surface area (Å²) >= 11 is 0. The van der Waals surface area contributed by atoms with E-state index in [1.807, 2.05) is 0 Å². The lowest BCUT2D eigenvalue weighted by Crippen LogP contribution is -2.61. The van der Waals surface area contributed by atoms with Crippen molar-refractivity contribution < 1.29 is 68.4 Å². The van der Waals surface area contributed by atoms with Crippen molar-refractivity contribution in [2.75, 3.05) is 13.2 Å². The van der Waals surface area contributed by atoms with Gasteiger partial charge in [0.15, 0.2) is 5.96 Å². The van der Waals surface area contributed by atoms with E-state index in [0.717, 1.165) is 0 Å². The van der Waals surface area contributed by atoms with Gasteiger partial charge in [-0.05, 0) is 56.4 Å². The van der Waals surface area contributed by atoms with Crippen molar-refractivity contribution in [1.82, 2.24) is 37.2 Å². The number of amides is 7. The lowest BCUT2D eigenvalue weighted by molar-refractivity contribution is -0.143. The molecule has 1 aromatic carbocycles. The predicted octanol–water partition coefficient (Wildman–Crippen LogP) is -3.08. The van der Waals surface area contributed by atoms with Crippen LogP contribution in [0.5, 0.6) is 0 Å². The third kappa shape index (κ3) is 22.5. The number of carboxylic acids is 3. The number of nitrogens with zero attached hydrogens (tertiary/aromatic N) is 1. The van der Waals surface area contributed by atoms with Crippen LogP contribution < -0.4 is 54.4 Å². The van der Waals surface area contributed by atoms with Crippen LogP contribution in [0.25, 0.3) is 0 Å². The zero-order valence-corrected chi connectivity index (χ0v) is 39.0. The molecule has 0 saturated carbocycles. The largest absolute Gasteiger partial charge is 0.481 e. The molecule has 0 saturated heterocycles. The molecule has 0 unspecified atom stereocenters. The van der Waals surface area contributed by atoms with Crippen molar-refractivity contribution in [3.63, 3.8) is 0 Å². The van der Waals surface area contributed by atoms with Crippen LogP contribution in [0, 0.1) is 11.8 Å². The summed E-state index contributed by atoms with van der Waals surface area (Å²) in [6.07, 6.45) is -1.85. The van der Waals surface area contributed by atoms with Crippen LogP contribution in [0.2, 0.25) is 0 Å². The number of guanidine groups is 1. The molecule has 25 nitrogen and oxygen atoms in total. The Morgan fingerprint density at radius 3 is 1.56 bits per heavy atom. The molecule has 7 amide bonds. The van der Waals surface area contributed by atoms with Crippen LogP contribution in [0.1, 0.15) is 91.5 Å². The monoisotopic (exact) mass is 964 g/mol. The molecule has 17 N–H and O–H groups in total. The standard InChI is InChI=1S/C43H69N11O14/c1-6-23(4)34(54-39(64)29(15-17-33(58)59)50-36(61)26(44)21-55)41(66)51-28(14-16-32(56)57)38(63)52-30(20-25-11-8-7-9-12-25)40(65)48-24(5)35(60)49-27(13-10-18-47-43(45)46)37(62)53-31(42(67)68)19-22(2)3/h7-9,11-12,22-24,26-31,34,55H,6,10,13-21,44H2,1-5H3,(H,48,65)(H,49,60)(H,50,61)(H,51,66)(H,52,63)(H,53,62)(H,54,64)(H,56,57)(H,58,59)(H,67,68)(H4,45,46,47)/t23-,24-,26-,27-,28-,29-,30-,31-,34-/m0/s1. The highest BCUT2D eigenvalue weighted by Gasteiger charge is 2.35. The van der Waals surface area contributed by atoms with Crippen molar-refractivity contribution >= 4 is 65.2 Å². The van der Waals surface area contributed by atoms with Crippen LogP contribution in [-0.2, 0) is 54.4 Å². The molecule has 0 fully saturated rings. The number of aliphatic imine (C=N–C) groups is 1. The van der Waals surface area contributed by atoms with Gasteiger partial charge in [-0.2, -0.15) is 0 Å². The molecule has 0 aliphatic carbocycles. The summed E-state index contributed by atoms with van der Waals surface area (Å²) in [5, 5.41) is 54.9. The molecule has 1 rings (SSSR count). The van der Waals surface area contributed by atoms with Crippen LogP contribution in [-0.4, -0.2) is 147 Å². The molecule has 9 atom stereocenters. The lowest BCUT2D eigenvalue weighted by atomic mass is 9.96. The average molecular weight is 964 g/mol. The Labute approximate surface area is 393 Å². The van der Waals surface area contributed by atoms with E-state index in [1.54, 1.807) is 58.0 Å². The number of nitrogens with two attached hydrogens (primary N) is 3. The number of benzene rings is 1. The Bertz CT molecular complexity index is 1920. The second-order valence-corrected chi connectivity index (χ2v) is 16.7. The first-order valence-electron chi connectivity index (χ1n) is 22.1. The second-order valence-electron chi connectivity index (χ2n) is 16.7. The summed E-state index contributed by atoms with van der Waals surface area (Å²) < 4.78 is 0. The topological polar surface area (TPSA) is 426 Å². The fourth-order valence-electron chi connectivity index (χ4n) is 6.40. The summed E-state index contributed by atoms with van der Waals surface area (Å²) in [5.41, 5.74) is 16.9. The molecule has 0 aromatic heterocycles. The smallest absolute Gasteiger partial charge is 0.326 e. The van der Waals surface area contributed by atoms with E-state index < -0.39 is 146 Å². The minimum atomic E-state index is -1.64. The molecule has 68 heavy (non-hydrogen) atoms. The van der Waals surface area contributed by atoms with Crippen molar-refractivity contribution in [3.05, 3.63) is 35.9 Å². The number of hydrogen-bond donors (Lipinski definition) is 14. The zero-order valence-electron chi connectivity index (χ0n) is 39.0. The van der Waals surface area contributed by atoms with E-state index in [2.05, 4.69) is 42.2 Å². The molecule has 0 radical (unpaired) electrons. The van der Waals surface area contributed by atoms with Gasteiger partial charge >= 0.3 is 17.9 Å². The fraction of sp³-hybridized carbons (Fsp3) is 0.605. The number of carboxylic acid groups (broad SMARTS) is 3. The Hall–Kier alpha value is -6.89. The normalized spacial score (nSPS) is 14.9. The maximum atomic E-state index is 14.0. The molecule has 0 aliphatic rings. The quantitative estimate of drug-likeness (QED) is 0.0193. The molecule has 0 spiro atoms. The summed E-state index contributed by atoms with van der Waals surface area (Å²) in [7, 11) is 0. The molecular weight excluding hydrogens is 895 g/mol. The van der Waals surface area contributed by atoms with Crippen molar-refractivity contribution in [3.8, 4) is 0 Å². The van der Waals surface area contributed by atoms with Crippen molar-refractivity contribution in [2.24, 2.45) is 34.0 Å². The first kappa shape index (κ1) is 59.1. The van der Waals surface area contributed by atoms with E-state index in [1.165, 1.54) is 6.92 Å². The number of carbonyl (C=O) groups excluding carboxylic acids is 7. The summed E-state index contributed by atoms with van der Waals surface area (Å²) in [6, 6.07) is -3.16. The van der Waals surface area contributed by atoms with Gasteiger partial charge in [-0.25, -0.2) is 4.79 Å². The number of nitrogens with one attached hydrogen (secondary N) is 7. The average Bonchev–Trinajstić information content (AvgIpc) is 3.27. The molecule has 1 aromatic rings. The first-order valence-corrected chi connectivity index (χ1v) is 22.1. The molecule has 0 bridgehead atoms. The van der Waals surface area contributed by atoms with Crippen molar-refractivity contribution in [2.45, 2.75) is 141 Å². The van der Waals surface area contributed by atoms with E-state index in [4.69, 9.17) is 17.2 Å². The Balaban J connectivity index is 3.47. The van der Waals surface area contributed by atoms with Gasteiger partial charge in [0.05, 0.1) is 6.61 Å².